The van der Waals surface area contributed by atoms with Crippen molar-refractivity contribution in [3.05, 3.63) is 66.4 Å². The van der Waals surface area contributed by atoms with E-state index in [1.165, 1.54) is 38.0 Å². The summed E-state index contributed by atoms with van der Waals surface area (Å²) in [7, 11) is 2.23. The lowest BCUT2D eigenvalue weighted by Gasteiger charge is -2.32. The Balaban J connectivity index is 2.08. The lowest BCUT2D eigenvalue weighted by molar-refractivity contribution is -0.730. The number of fused-ring (bicyclic) bond motifs is 6. The summed E-state index contributed by atoms with van der Waals surface area (Å²) < 4.78 is 2.47. The Hall–Kier alpha value is -2.45. The molecule has 30 heavy (non-hydrogen) atoms. The maximum Gasteiger partial charge on any atom is 0.221 e. The highest BCUT2D eigenvalue weighted by Crippen LogP contribution is 2.36. The number of rotatable bonds is 3. The minimum Gasteiger partial charge on any atom is -0.301 e. The largest absolute Gasteiger partial charge is 0.301 e. The minimum atomic E-state index is 0.00418. The Kier molecular flexibility index (Phi) is 5.10. The van der Waals surface area contributed by atoms with E-state index >= 15 is 0 Å². The van der Waals surface area contributed by atoms with E-state index in [1.54, 1.807) is 0 Å². The van der Waals surface area contributed by atoms with Crippen LogP contribution in [0, 0.1) is 0 Å². The highest BCUT2D eigenvalue weighted by Gasteiger charge is 2.28. The van der Waals surface area contributed by atoms with Gasteiger partial charge in [0.25, 0.3) is 0 Å². The standard InChI is InChI=1S/C28H35N2/c1-27(2,3)29(7)19-17-20-12-10-15-23-21-13-8-9-14-22(21)24-16-11-18-30(28(4,5)6)26(24)25(20)23/h8-16,18H,17,19H2,1-7H3/q+1. The van der Waals surface area contributed by atoms with Crippen molar-refractivity contribution >= 4 is 32.4 Å². The van der Waals surface area contributed by atoms with Gasteiger partial charge in [-0.1, -0.05) is 42.5 Å². The Bertz CT molecular complexity index is 1220. The maximum atomic E-state index is 2.47. The smallest absolute Gasteiger partial charge is 0.221 e. The first-order chi connectivity index (χ1) is 14.1. The second-order valence-electron chi connectivity index (χ2n) is 10.5. The molecule has 0 fully saturated rings. The molecule has 1 aromatic heterocycles. The third-order valence-corrected chi connectivity index (χ3v) is 6.47. The molecule has 0 bridgehead atoms. The third kappa shape index (κ3) is 3.58. The molecule has 4 aromatic rings. The van der Waals surface area contributed by atoms with Crippen molar-refractivity contribution in [2.45, 2.75) is 59.0 Å². The third-order valence-electron chi connectivity index (χ3n) is 6.47. The molecule has 2 nitrogen and oxygen atoms in total. The van der Waals surface area contributed by atoms with Gasteiger partial charge in [-0.05, 0) is 62.0 Å². The van der Waals surface area contributed by atoms with Gasteiger partial charge < -0.3 is 4.90 Å². The van der Waals surface area contributed by atoms with Crippen LogP contribution in [-0.4, -0.2) is 24.0 Å². The van der Waals surface area contributed by atoms with Crippen molar-refractivity contribution < 1.29 is 4.57 Å². The van der Waals surface area contributed by atoms with Gasteiger partial charge in [0.05, 0.1) is 10.8 Å². The summed E-state index contributed by atoms with van der Waals surface area (Å²) in [5.74, 6) is 0. The predicted molar refractivity (Wildman–Crippen MR) is 130 cm³/mol. The molecule has 0 aliphatic rings. The van der Waals surface area contributed by atoms with Crippen LogP contribution < -0.4 is 4.57 Å². The summed E-state index contributed by atoms with van der Waals surface area (Å²) in [6.45, 7) is 14.8. The fourth-order valence-electron chi connectivity index (χ4n) is 4.43. The van der Waals surface area contributed by atoms with Gasteiger partial charge in [0.15, 0.2) is 11.7 Å². The lowest BCUT2D eigenvalue weighted by atomic mass is 9.92. The van der Waals surface area contributed by atoms with Crippen LogP contribution in [0.5, 0.6) is 0 Å². The van der Waals surface area contributed by atoms with Crippen LogP contribution >= 0.6 is 0 Å². The molecule has 3 aromatic carbocycles. The van der Waals surface area contributed by atoms with E-state index in [1.807, 2.05) is 0 Å². The molecule has 0 amide bonds. The van der Waals surface area contributed by atoms with Gasteiger partial charge in [-0.3, -0.25) is 0 Å². The average molecular weight is 400 g/mol. The Morgan fingerprint density at radius 3 is 1.97 bits per heavy atom. The van der Waals surface area contributed by atoms with E-state index in [0.717, 1.165) is 13.0 Å². The van der Waals surface area contributed by atoms with E-state index in [4.69, 9.17) is 0 Å². The summed E-state index contributed by atoms with van der Waals surface area (Å²) in [5, 5.41) is 6.79. The quantitative estimate of drug-likeness (QED) is 0.283. The van der Waals surface area contributed by atoms with Crippen LogP contribution in [0.15, 0.2) is 60.8 Å². The summed E-state index contributed by atoms with van der Waals surface area (Å²) in [5.41, 5.74) is 2.96. The molecule has 2 heteroatoms. The number of pyridine rings is 1. The monoisotopic (exact) mass is 399 g/mol. The summed E-state index contributed by atoms with van der Waals surface area (Å²) in [4.78, 5) is 2.45. The zero-order valence-electron chi connectivity index (χ0n) is 19.6. The van der Waals surface area contributed by atoms with E-state index in [0.29, 0.717) is 0 Å². The molecule has 0 aliphatic heterocycles. The first-order valence-electron chi connectivity index (χ1n) is 11.1. The van der Waals surface area contributed by atoms with Crippen molar-refractivity contribution in [1.29, 1.82) is 0 Å². The maximum absolute atomic E-state index is 2.47. The fourth-order valence-corrected chi connectivity index (χ4v) is 4.43. The molecule has 0 saturated heterocycles. The van der Waals surface area contributed by atoms with Crippen molar-refractivity contribution in [3.63, 3.8) is 0 Å². The van der Waals surface area contributed by atoms with Gasteiger partial charge in [0.2, 0.25) is 5.52 Å². The Morgan fingerprint density at radius 1 is 0.733 bits per heavy atom. The van der Waals surface area contributed by atoms with Gasteiger partial charge in [-0.2, -0.15) is 4.57 Å². The SMILES string of the molecule is CN(CCc1cccc2c3ccccc3c3ccc[n+](C(C)(C)C)c3c12)C(C)(C)C. The molecule has 156 valence electrons. The van der Waals surface area contributed by atoms with Crippen molar-refractivity contribution in [2.24, 2.45) is 0 Å². The van der Waals surface area contributed by atoms with Crippen LogP contribution in [0.2, 0.25) is 0 Å². The van der Waals surface area contributed by atoms with Gasteiger partial charge in [-0.15, -0.1) is 0 Å². The summed E-state index contributed by atoms with van der Waals surface area (Å²) in [6.07, 6.45) is 3.28. The molecular formula is C28H35N2+. The molecule has 0 aliphatic carbocycles. The van der Waals surface area contributed by atoms with Gasteiger partial charge in [-0.25, -0.2) is 0 Å². The van der Waals surface area contributed by atoms with E-state index in [9.17, 15) is 0 Å². The van der Waals surface area contributed by atoms with Crippen molar-refractivity contribution in [2.75, 3.05) is 13.6 Å². The molecule has 4 rings (SSSR count). The minimum absolute atomic E-state index is 0.00418. The first kappa shape index (κ1) is 20.8. The van der Waals surface area contributed by atoms with Crippen molar-refractivity contribution in [3.8, 4) is 0 Å². The zero-order chi connectivity index (χ0) is 21.7. The normalized spacial score (nSPS) is 13.1. The highest BCUT2D eigenvalue weighted by atomic mass is 15.1. The van der Waals surface area contributed by atoms with Crippen LogP contribution in [-0.2, 0) is 12.0 Å². The lowest BCUT2D eigenvalue weighted by Crippen LogP contribution is -2.50. The number of likely N-dealkylation sites (N-methyl/N-ethyl adjacent to an activating group) is 1. The number of hydrogen-bond acceptors (Lipinski definition) is 1. The Labute approximate surface area is 181 Å². The molecule has 0 saturated carbocycles. The van der Waals surface area contributed by atoms with Gasteiger partial charge in [0, 0.05) is 38.9 Å². The van der Waals surface area contributed by atoms with Gasteiger partial charge >= 0.3 is 0 Å². The van der Waals surface area contributed by atoms with Crippen LogP contribution in [0.1, 0.15) is 47.1 Å². The van der Waals surface area contributed by atoms with Crippen LogP contribution in [0.3, 0.4) is 0 Å². The topological polar surface area (TPSA) is 7.12 Å². The van der Waals surface area contributed by atoms with E-state index in [-0.39, 0.29) is 11.1 Å². The summed E-state index contributed by atoms with van der Waals surface area (Å²) >= 11 is 0. The number of hydrogen-bond donors (Lipinski definition) is 0. The molecule has 0 spiro atoms. The van der Waals surface area contributed by atoms with E-state index in [2.05, 4.69) is 119 Å². The first-order valence-corrected chi connectivity index (χ1v) is 11.1. The number of nitrogens with zero attached hydrogens (tertiary/aromatic N) is 2. The van der Waals surface area contributed by atoms with Crippen molar-refractivity contribution in [1.82, 2.24) is 4.90 Å². The zero-order valence-corrected chi connectivity index (χ0v) is 19.6. The second-order valence-corrected chi connectivity index (χ2v) is 10.5. The summed E-state index contributed by atoms with van der Waals surface area (Å²) in [6, 6.07) is 20.2. The molecule has 0 atom stereocenters. The predicted octanol–water partition coefficient (Wildman–Crippen LogP) is 6.46. The van der Waals surface area contributed by atoms with Crippen LogP contribution in [0.25, 0.3) is 32.4 Å². The average Bonchev–Trinajstić information content (AvgIpc) is 2.70. The molecule has 0 N–H and O–H groups in total. The van der Waals surface area contributed by atoms with Gasteiger partial charge in [0.1, 0.15) is 0 Å². The molecular weight excluding hydrogens is 364 g/mol. The highest BCUT2D eigenvalue weighted by molar-refractivity contribution is 6.24. The molecule has 0 radical (unpaired) electrons. The molecule has 0 unspecified atom stereocenters. The van der Waals surface area contributed by atoms with Crippen LogP contribution in [0.4, 0.5) is 0 Å². The Morgan fingerprint density at radius 2 is 1.33 bits per heavy atom. The number of benzene rings is 3. The number of aromatic nitrogens is 1. The second kappa shape index (κ2) is 7.35. The fraction of sp³-hybridized carbons (Fsp3) is 0.393. The molecule has 1 heterocycles. The van der Waals surface area contributed by atoms with E-state index < -0.39 is 0 Å².